The number of non-ortho nitro benzene ring substituents is 1. The Morgan fingerprint density at radius 3 is 2.00 bits per heavy atom. The zero-order valence-corrected chi connectivity index (χ0v) is 28.3. The van der Waals surface area contributed by atoms with Crippen LogP contribution in [0.2, 0.25) is 0 Å². The number of carbonyl (C=O) groups is 4. The van der Waals surface area contributed by atoms with Crippen LogP contribution >= 0.6 is 11.3 Å². The highest BCUT2D eigenvalue weighted by Gasteiger charge is 2.34. The largest absolute Gasteiger partial charge is 0.494 e. The number of nitrogens with two attached hydrogens (primary N) is 3. The number of quaternary nitrogens is 1. The molecule has 13 nitrogen and oxygen atoms in total. The lowest BCUT2D eigenvalue weighted by atomic mass is 10.0. The number of thiophene rings is 1. The van der Waals surface area contributed by atoms with Gasteiger partial charge in [0.1, 0.15) is 17.8 Å². The van der Waals surface area contributed by atoms with E-state index in [-0.39, 0.29) is 24.9 Å². The number of nitro benzene ring substituents is 1. The molecular formula is C36H41N6O7S+. The number of ether oxygens (including phenoxy) is 1. The maximum absolute atomic E-state index is 14.0. The fourth-order valence-electron chi connectivity index (χ4n) is 5.26. The van der Waals surface area contributed by atoms with Crippen molar-refractivity contribution in [2.45, 2.75) is 56.8 Å². The van der Waals surface area contributed by atoms with E-state index < -0.39 is 52.7 Å². The Labute approximate surface area is 293 Å². The van der Waals surface area contributed by atoms with E-state index in [1.165, 1.54) is 40.9 Å². The summed E-state index contributed by atoms with van der Waals surface area (Å²) in [7, 11) is 0. The lowest BCUT2D eigenvalue weighted by Gasteiger charge is -2.23. The Hall–Kier alpha value is -5.44. The first kappa shape index (κ1) is 37.4. The van der Waals surface area contributed by atoms with Gasteiger partial charge in [-0.2, -0.15) is 0 Å². The summed E-state index contributed by atoms with van der Waals surface area (Å²) in [4.78, 5) is 65.0. The number of primary amides is 2. The third-order valence-corrected chi connectivity index (χ3v) is 8.82. The predicted octanol–water partition coefficient (Wildman–Crippen LogP) is 1.57. The third-order valence-electron chi connectivity index (χ3n) is 7.92. The number of benzene rings is 3. The Morgan fingerprint density at radius 1 is 0.800 bits per heavy atom. The molecule has 0 aliphatic heterocycles. The number of rotatable bonds is 18. The summed E-state index contributed by atoms with van der Waals surface area (Å²) in [6, 6.07) is 21.3. The molecule has 0 bridgehead atoms. The van der Waals surface area contributed by atoms with Crippen molar-refractivity contribution in [1.29, 1.82) is 0 Å². The van der Waals surface area contributed by atoms with Crippen molar-refractivity contribution in [3.8, 4) is 5.75 Å². The van der Waals surface area contributed by atoms with Crippen molar-refractivity contribution in [3.05, 3.63) is 128 Å². The molecule has 0 saturated heterocycles. The summed E-state index contributed by atoms with van der Waals surface area (Å²) in [6.45, 7) is 2.34. The SMILES string of the molecule is CCOc1ccc(CC([NH2+]C(=O)C(Cc2ccccc2)NC(=O)C(N)Cc2cccs2)C(=O)NC(Cc2ccc([N+](=O)[O-])cc2)C(N)=O)cc1. The van der Waals surface area contributed by atoms with Crippen molar-refractivity contribution < 1.29 is 34.2 Å². The topological polar surface area (TPSA) is 213 Å². The standard InChI is InChI=1S/C36H40N6O7S/c1-2-49-27-16-12-25(13-17-27)21-32(35(45)39-30(33(38)43)19-24-10-14-26(15-11-24)42(47)48)41-36(46)31(20-23-7-4-3-5-8-23)40-34(44)29(37)22-28-9-6-18-50-28/h3-18,29-32H,2,19-22,37H2,1H3,(H2,38,43)(H,39,45)(H,40,44)(H,41,46)/p+1. The Kier molecular flexibility index (Phi) is 13.7. The number of carbonyl (C=O) groups excluding carboxylic acids is 4. The van der Waals surface area contributed by atoms with E-state index in [0.717, 1.165) is 10.4 Å². The molecule has 14 heteroatoms. The van der Waals surface area contributed by atoms with Gasteiger partial charge in [0.25, 0.3) is 11.6 Å². The predicted molar refractivity (Wildman–Crippen MR) is 188 cm³/mol. The average Bonchev–Trinajstić information content (AvgIpc) is 3.62. The van der Waals surface area contributed by atoms with Gasteiger partial charge in [-0.25, -0.2) is 4.79 Å². The van der Waals surface area contributed by atoms with Gasteiger partial charge >= 0.3 is 5.91 Å². The van der Waals surface area contributed by atoms with E-state index >= 15 is 0 Å². The van der Waals surface area contributed by atoms with E-state index in [0.29, 0.717) is 29.9 Å². The van der Waals surface area contributed by atoms with Crippen LogP contribution in [-0.2, 0) is 44.9 Å². The van der Waals surface area contributed by atoms with Crippen molar-refractivity contribution in [1.82, 2.24) is 10.6 Å². The number of hydrogen-bond donors (Lipinski definition) is 5. The van der Waals surface area contributed by atoms with Crippen LogP contribution in [0.3, 0.4) is 0 Å². The molecule has 262 valence electrons. The quantitative estimate of drug-likeness (QED) is 0.0757. The monoisotopic (exact) mass is 701 g/mol. The van der Waals surface area contributed by atoms with Gasteiger partial charge in [-0.15, -0.1) is 11.3 Å². The molecule has 50 heavy (non-hydrogen) atoms. The Morgan fingerprint density at radius 2 is 1.40 bits per heavy atom. The van der Waals surface area contributed by atoms with Gasteiger partial charge in [0, 0.05) is 42.7 Å². The van der Waals surface area contributed by atoms with E-state index in [4.69, 9.17) is 16.2 Å². The molecule has 4 amide bonds. The van der Waals surface area contributed by atoms with Gasteiger partial charge in [-0.3, -0.25) is 29.8 Å². The zero-order valence-electron chi connectivity index (χ0n) is 27.5. The first-order chi connectivity index (χ1) is 24.0. The Bertz CT molecular complexity index is 1740. The number of nitrogens with zero attached hydrogens (tertiary/aromatic N) is 1. The minimum Gasteiger partial charge on any atom is -0.494 e. The Balaban J connectivity index is 1.56. The molecule has 4 atom stereocenters. The van der Waals surface area contributed by atoms with Gasteiger partial charge in [-0.05, 0) is 47.2 Å². The summed E-state index contributed by atoms with van der Waals surface area (Å²) in [5.74, 6) is -1.85. The second kappa shape index (κ2) is 18.4. The highest BCUT2D eigenvalue weighted by molar-refractivity contribution is 7.09. The molecule has 8 N–H and O–H groups in total. The van der Waals surface area contributed by atoms with Crippen molar-refractivity contribution in [2.24, 2.45) is 11.5 Å². The fourth-order valence-corrected chi connectivity index (χ4v) is 6.03. The molecule has 0 aliphatic rings. The summed E-state index contributed by atoms with van der Waals surface area (Å²) in [5.41, 5.74) is 13.8. The number of nitrogens with one attached hydrogen (secondary N) is 2. The van der Waals surface area contributed by atoms with Gasteiger partial charge in [0.15, 0.2) is 6.04 Å². The lowest BCUT2D eigenvalue weighted by Crippen LogP contribution is -2.99. The van der Waals surface area contributed by atoms with Crippen molar-refractivity contribution >= 4 is 40.7 Å². The molecule has 0 aliphatic carbocycles. The summed E-state index contributed by atoms with van der Waals surface area (Å²) < 4.78 is 5.53. The minimum atomic E-state index is -1.18. The molecule has 0 radical (unpaired) electrons. The van der Waals surface area contributed by atoms with Gasteiger partial charge in [-0.1, -0.05) is 60.7 Å². The van der Waals surface area contributed by atoms with Crippen LogP contribution in [0.15, 0.2) is 96.4 Å². The molecule has 4 unspecified atom stereocenters. The second-order valence-corrected chi connectivity index (χ2v) is 12.7. The summed E-state index contributed by atoms with van der Waals surface area (Å²) in [6.07, 6.45) is 0.495. The fraction of sp³-hybridized carbons (Fsp3) is 0.278. The molecule has 1 heterocycles. The van der Waals surface area contributed by atoms with Crippen LogP contribution in [-0.4, -0.2) is 59.3 Å². The first-order valence-corrected chi connectivity index (χ1v) is 17.0. The maximum Gasteiger partial charge on any atom is 0.333 e. The van der Waals surface area contributed by atoms with Crippen LogP contribution in [0.4, 0.5) is 5.69 Å². The van der Waals surface area contributed by atoms with Crippen LogP contribution in [0.1, 0.15) is 28.5 Å². The van der Waals surface area contributed by atoms with E-state index in [9.17, 15) is 29.3 Å². The normalized spacial score (nSPS) is 13.3. The molecule has 0 spiro atoms. The van der Waals surface area contributed by atoms with Gasteiger partial charge in [0.05, 0.1) is 17.6 Å². The number of hydrogen-bond acceptors (Lipinski definition) is 9. The first-order valence-electron chi connectivity index (χ1n) is 16.1. The molecular weight excluding hydrogens is 660 g/mol. The van der Waals surface area contributed by atoms with Crippen LogP contribution in [0.25, 0.3) is 0 Å². The molecule has 3 aromatic carbocycles. The van der Waals surface area contributed by atoms with Crippen LogP contribution in [0.5, 0.6) is 5.75 Å². The molecule has 0 fully saturated rings. The number of nitro groups is 1. The highest BCUT2D eigenvalue weighted by Crippen LogP contribution is 2.15. The number of amides is 4. The lowest BCUT2D eigenvalue weighted by molar-refractivity contribution is -0.593. The second-order valence-electron chi connectivity index (χ2n) is 11.7. The van der Waals surface area contributed by atoms with Crippen LogP contribution in [0, 0.1) is 10.1 Å². The average molecular weight is 702 g/mol. The molecule has 1 aromatic heterocycles. The molecule has 4 rings (SSSR count). The summed E-state index contributed by atoms with van der Waals surface area (Å²) >= 11 is 1.48. The van der Waals surface area contributed by atoms with E-state index in [1.54, 1.807) is 24.3 Å². The van der Waals surface area contributed by atoms with Crippen LogP contribution < -0.4 is 32.2 Å². The molecule has 0 saturated carbocycles. The van der Waals surface area contributed by atoms with Crippen molar-refractivity contribution in [3.63, 3.8) is 0 Å². The minimum absolute atomic E-state index is 0.0302. The van der Waals surface area contributed by atoms with E-state index in [1.807, 2.05) is 54.8 Å². The van der Waals surface area contributed by atoms with E-state index in [2.05, 4.69) is 10.6 Å². The highest BCUT2D eigenvalue weighted by atomic mass is 32.1. The molecule has 4 aromatic rings. The smallest absolute Gasteiger partial charge is 0.333 e. The maximum atomic E-state index is 14.0. The van der Waals surface area contributed by atoms with Gasteiger partial charge in [0.2, 0.25) is 11.8 Å². The van der Waals surface area contributed by atoms with Gasteiger partial charge < -0.3 is 26.8 Å². The van der Waals surface area contributed by atoms with Crippen molar-refractivity contribution in [2.75, 3.05) is 6.61 Å². The zero-order chi connectivity index (χ0) is 36.0. The summed E-state index contributed by atoms with van der Waals surface area (Å²) in [5, 5.41) is 19.7. The third kappa shape index (κ3) is 11.3.